The van der Waals surface area contributed by atoms with Gasteiger partial charge in [0.15, 0.2) is 5.52 Å². The summed E-state index contributed by atoms with van der Waals surface area (Å²) in [5, 5.41) is 11.0. The van der Waals surface area contributed by atoms with E-state index in [2.05, 4.69) is 4.98 Å². The molecule has 0 aliphatic carbocycles. The Labute approximate surface area is 107 Å². The van der Waals surface area contributed by atoms with Crippen LogP contribution in [0.2, 0.25) is 0 Å². The van der Waals surface area contributed by atoms with E-state index in [-0.39, 0.29) is 21.9 Å². The lowest BCUT2D eigenvalue weighted by Gasteiger charge is -2.14. The van der Waals surface area contributed by atoms with Crippen molar-refractivity contribution in [1.29, 1.82) is 0 Å². The smallest absolute Gasteiger partial charge is 0.258 e. The van der Waals surface area contributed by atoms with Gasteiger partial charge < -0.3 is 0 Å². The number of nitro benzene ring substituents is 1. The summed E-state index contributed by atoms with van der Waals surface area (Å²) < 4.78 is 0.829. The van der Waals surface area contributed by atoms with Crippen LogP contribution in [-0.4, -0.2) is 15.3 Å². The van der Waals surface area contributed by atoms with E-state index in [9.17, 15) is 10.1 Å². The Balaban J connectivity index is 2.70. The van der Waals surface area contributed by atoms with Crippen molar-refractivity contribution in [3.05, 3.63) is 33.3 Å². The molecule has 4 nitrogen and oxygen atoms in total. The predicted octanol–water partition coefficient (Wildman–Crippen LogP) is 3.94. The normalized spacial score (nSPS) is 14.8. The first kappa shape index (κ1) is 12.3. The fraction of sp³-hybridized carbons (Fsp3) is 0.364. The Bertz CT molecular complexity index is 568. The Morgan fingerprint density at radius 2 is 2.18 bits per heavy atom. The van der Waals surface area contributed by atoms with Crippen LogP contribution in [0.5, 0.6) is 0 Å². The minimum absolute atomic E-state index is 0.0804. The maximum atomic E-state index is 11.2. The summed E-state index contributed by atoms with van der Waals surface area (Å²) in [6.45, 7) is 3.72. The van der Waals surface area contributed by atoms with Gasteiger partial charge in [-0.15, -0.1) is 22.9 Å². The van der Waals surface area contributed by atoms with Gasteiger partial charge in [0, 0.05) is 16.9 Å². The Morgan fingerprint density at radius 3 is 2.76 bits per heavy atom. The third-order valence-corrected chi connectivity index (χ3v) is 4.04. The fourth-order valence-electron chi connectivity index (χ4n) is 1.74. The largest absolute Gasteiger partial charge is 0.299 e. The van der Waals surface area contributed by atoms with Gasteiger partial charge in [-0.2, -0.15) is 0 Å². The summed E-state index contributed by atoms with van der Waals surface area (Å²) in [4.78, 5) is 14.9. The van der Waals surface area contributed by atoms with Crippen molar-refractivity contribution in [2.24, 2.45) is 0 Å². The zero-order chi connectivity index (χ0) is 12.6. The molecule has 0 fully saturated rings. The van der Waals surface area contributed by atoms with Gasteiger partial charge in [-0.05, 0) is 13.0 Å². The third kappa shape index (κ3) is 2.12. The van der Waals surface area contributed by atoms with Gasteiger partial charge in [-0.1, -0.05) is 13.0 Å². The number of rotatable bonds is 3. The van der Waals surface area contributed by atoms with E-state index in [4.69, 9.17) is 11.6 Å². The van der Waals surface area contributed by atoms with Crippen LogP contribution in [0.4, 0.5) is 5.69 Å². The molecule has 0 bridgehead atoms. The van der Waals surface area contributed by atoms with Crippen LogP contribution in [0.1, 0.15) is 25.3 Å². The highest BCUT2D eigenvalue weighted by Gasteiger charge is 2.26. The monoisotopic (exact) mass is 270 g/mol. The van der Waals surface area contributed by atoms with Crippen LogP contribution in [0, 0.1) is 10.1 Å². The molecular weight excluding hydrogens is 260 g/mol. The molecule has 0 radical (unpaired) electrons. The lowest BCUT2D eigenvalue weighted by molar-refractivity contribution is -0.384. The second-order valence-electron chi connectivity index (χ2n) is 3.93. The molecule has 90 valence electrons. The summed E-state index contributed by atoms with van der Waals surface area (Å²) in [7, 11) is 0. The van der Waals surface area contributed by atoms with Crippen molar-refractivity contribution in [2.45, 2.75) is 25.1 Å². The highest BCUT2D eigenvalue weighted by molar-refractivity contribution is 7.16. The Kier molecular flexibility index (Phi) is 3.31. The number of halogens is 1. The number of nitro groups is 1. The molecule has 0 spiro atoms. The topological polar surface area (TPSA) is 56.0 Å². The van der Waals surface area contributed by atoms with Crippen molar-refractivity contribution in [2.75, 3.05) is 0 Å². The number of nitrogens with zero attached hydrogens (tertiary/aromatic N) is 2. The van der Waals surface area contributed by atoms with Crippen molar-refractivity contribution < 1.29 is 4.92 Å². The fourth-order valence-corrected chi connectivity index (χ4v) is 2.55. The van der Waals surface area contributed by atoms with Crippen LogP contribution < -0.4 is 0 Å². The first-order valence-corrected chi connectivity index (χ1v) is 6.48. The number of aromatic nitrogens is 1. The highest BCUT2D eigenvalue weighted by atomic mass is 35.5. The number of alkyl halides is 1. The molecule has 2 aromatic rings. The van der Waals surface area contributed by atoms with Crippen LogP contribution in [0.3, 0.4) is 0 Å². The molecule has 17 heavy (non-hydrogen) atoms. The quantitative estimate of drug-likeness (QED) is 0.482. The van der Waals surface area contributed by atoms with Gasteiger partial charge >= 0.3 is 0 Å². The molecule has 0 saturated carbocycles. The van der Waals surface area contributed by atoms with Gasteiger partial charge in [-0.25, -0.2) is 4.98 Å². The number of hydrogen-bond acceptors (Lipinski definition) is 4. The molecule has 2 atom stereocenters. The average Bonchev–Trinajstić information content (AvgIpc) is 2.73. The predicted molar refractivity (Wildman–Crippen MR) is 70.0 cm³/mol. The maximum absolute atomic E-state index is 11.2. The molecule has 0 aliphatic rings. The number of fused-ring (bicyclic) bond motifs is 1. The molecule has 2 rings (SSSR count). The summed E-state index contributed by atoms with van der Waals surface area (Å²) in [6.07, 6.45) is 0. The van der Waals surface area contributed by atoms with Crippen LogP contribution in [-0.2, 0) is 0 Å². The van der Waals surface area contributed by atoms with E-state index in [1.54, 1.807) is 11.6 Å². The summed E-state index contributed by atoms with van der Waals surface area (Å²) >= 11 is 7.42. The summed E-state index contributed by atoms with van der Waals surface area (Å²) in [6, 6.07) is 3.65. The zero-order valence-electron chi connectivity index (χ0n) is 9.38. The average molecular weight is 271 g/mol. The van der Waals surface area contributed by atoms with E-state index in [0.29, 0.717) is 11.1 Å². The molecular formula is C11H11ClN2O2S. The molecule has 6 heteroatoms. The van der Waals surface area contributed by atoms with Crippen molar-refractivity contribution in [3.63, 3.8) is 0 Å². The summed E-state index contributed by atoms with van der Waals surface area (Å²) in [5.41, 5.74) is 2.82. The molecule has 0 N–H and O–H groups in total. The van der Waals surface area contributed by atoms with Crippen LogP contribution >= 0.6 is 22.9 Å². The van der Waals surface area contributed by atoms with E-state index < -0.39 is 0 Å². The second kappa shape index (κ2) is 4.58. The first-order chi connectivity index (χ1) is 8.02. The molecule has 1 heterocycles. The third-order valence-electron chi connectivity index (χ3n) is 2.87. The lowest BCUT2D eigenvalue weighted by Crippen LogP contribution is -2.08. The minimum atomic E-state index is -0.368. The minimum Gasteiger partial charge on any atom is -0.258 e. The molecule has 0 amide bonds. The highest BCUT2D eigenvalue weighted by Crippen LogP contribution is 2.36. The lowest BCUT2D eigenvalue weighted by atomic mass is 9.96. The van der Waals surface area contributed by atoms with Gasteiger partial charge in [0.25, 0.3) is 5.69 Å². The molecule has 0 saturated heterocycles. The Hall–Kier alpha value is -1.20. The van der Waals surface area contributed by atoms with Crippen molar-refractivity contribution in [1.82, 2.24) is 4.98 Å². The Morgan fingerprint density at radius 1 is 1.47 bits per heavy atom. The molecule has 0 aliphatic heterocycles. The molecule has 2 unspecified atom stereocenters. The summed E-state index contributed by atoms with van der Waals surface area (Å²) in [5.74, 6) is -0.0804. The van der Waals surface area contributed by atoms with Crippen LogP contribution in [0.25, 0.3) is 10.2 Å². The van der Waals surface area contributed by atoms with E-state index in [0.717, 1.165) is 4.70 Å². The SMILES string of the molecule is CC(Cl)C(C)c1ccc2scnc2c1[N+](=O)[O-]. The van der Waals surface area contributed by atoms with E-state index >= 15 is 0 Å². The number of benzene rings is 1. The van der Waals surface area contributed by atoms with Crippen LogP contribution in [0.15, 0.2) is 17.6 Å². The zero-order valence-corrected chi connectivity index (χ0v) is 11.0. The number of thiazole rings is 1. The maximum Gasteiger partial charge on any atom is 0.299 e. The first-order valence-electron chi connectivity index (χ1n) is 5.17. The van der Waals surface area contributed by atoms with Gasteiger partial charge in [-0.3, -0.25) is 10.1 Å². The van der Waals surface area contributed by atoms with E-state index in [1.165, 1.54) is 11.3 Å². The van der Waals surface area contributed by atoms with Gasteiger partial charge in [0.2, 0.25) is 0 Å². The van der Waals surface area contributed by atoms with Gasteiger partial charge in [0.1, 0.15) is 0 Å². The second-order valence-corrected chi connectivity index (χ2v) is 5.50. The molecule has 1 aromatic carbocycles. The number of hydrogen-bond donors (Lipinski definition) is 0. The van der Waals surface area contributed by atoms with Crippen molar-refractivity contribution >= 4 is 38.8 Å². The van der Waals surface area contributed by atoms with Crippen molar-refractivity contribution in [3.8, 4) is 0 Å². The molecule has 1 aromatic heterocycles. The van der Waals surface area contributed by atoms with Gasteiger partial charge in [0.05, 0.1) is 15.1 Å². The standard InChI is InChI=1S/C11H11ClN2O2S/c1-6(7(2)12)8-3-4-9-10(13-5-17-9)11(8)14(15)16/h3-7H,1-2H3. The van der Waals surface area contributed by atoms with E-state index in [1.807, 2.05) is 19.9 Å².